The van der Waals surface area contributed by atoms with Crippen molar-refractivity contribution in [2.45, 2.75) is 56.0 Å². The summed E-state index contributed by atoms with van der Waals surface area (Å²) in [4.78, 5) is 0. The Labute approximate surface area is 163 Å². The third kappa shape index (κ3) is 5.67. The molecular formula is C20H33N3O3S. The van der Waals surface area contributed by atoms with Crippen LogP contribution in [0, 0.1) is 0 Å². The number of benzene rings is 1. The quantitative estimate of drug-likeness (QED) is 0.656. The van der Waals surface area contributed by atoms with Crippen molar-refractivity contribution in [3.63, 3.8) is 0 Å². The summed E-state index contributed by atoms with van der Waals surface area (Å²) in [6.45, 7) is 2.63. The Bertz CT molecular complexity index is 709. The predicted molar refractivity (Wildman–Crippen MR) is 109 cm³/mol. The highest BCUT2D eigenvalue weighted by molar-refractivity contribution is 7.88. The van der Waals surface area contributed by atoms with Crippen molar-refractivity contribution in [1.82, 2.24) is 15.4 Å². The van der Waals surface area contributed by atoms with Gasteiger partial charge in [0.05, 0.1) is 13.4 Å². The first-order chi connectivity index (χ1) is 12.9. The van der Waals surface area contributed by atoms with Crippen LogP contribution in [-0.4, -0.2) is 53.5 Å². The summed E-state index contributed by atoms with van der Waals surface area (Å²) in [5, 5.41) is 7.25. The SMILES string of the molecule is COc1cccc([C@]2(CNS(C)(=O)=O)CC[C@@H](NC3CCNCC3)CC2)c1. The van der Waals surface area contributed by atoms with E-state index in [1.807, 2.05) is 12.1 Å². The molecule has 6 nitrogen and oxygen atoms in total. The van der Waals surface area contributed by atoms with Crippen LogP contribution in [-0.2, 0) is 15.4 Å². The fourth-order valence-electron chi connectivity index (χ4n) is 4.45. The molecule has 0 aromatic heterocycles. The van der Waals surface area contributed by atoms with E-state index < -0.39 is 10.0 Å². The van der Waals surface area contributed by atoms with Crippen LogP contribution >= 0.6 is 0 Å². The summed E-state index contributed by atoms with van der Waals surface area (Å²) in [6.07, 6.45) is 7.66. The first kappa shape index (κ1) is 20.6. The van der Waals surface area contributed by atoms with E-state index in [2.05, 4.69) is 27.5 Å². The molecule has 1 aromatic carbocycles. The van der Waals surface area contributed by atoms with Crippen molar-refractivity contribution in [2.75, 3.05) is 33.0 Å². The molecule has 7 heteroatoms. The lowest BCUT2D eigenvalue weighted by molar-refractivity contribution is 0.224. The minimum atomic E-state index is -3.23. The van der Waals surface area contributed by atoms with E-state index in [-0.39, 0.29) is 5.41 Å². The molecule has 0 atom stereocenters. The first-order valence-corrected chi connectivity index (χ1v) is 11.9. The second-order valence-electron chi connectivity index (χ2n) is 8.07. The Balaban J connectivity index is 1.71. The van der Waals surface area contributed by atoms with E-state index in [0.717, 1.165) is 44.5 Å². The zero-order chi connectivity index (χ0) is 19.3. The van der Waals surface area contributed by atoms with Gasteiger partial charge in [-0.3, -0.25) is 0 Å². The van der Waals surface area contributed by atoms with Crippen LogP contribution in [0.3, 0.4) is 0 Å². The van der Waals surface area contributed by atoms with Gasteiger partial charge in [0.15, 0.2) is 0 Å². The minimum Gasteiger partial charge on any atom is -0.497 e. The van der Waals surface area contributed by atoms with Gasteiger partial charge in [-0.15, -0.1) is 0 Å². The lowest BCUT2D eigenvalue weighted by Gasteiger charge is -2.42. The summed E-state index contributed by atoms with van der Waals surface area (Å²) < 4.78 is 31.7. The molecule has 3 rings (SSSR count). The molecule has 1 saturated carbocycles. The second-order valence-corrected chi connectivity index (χ2v) is 9.90. The predicted octanol–water partition coefficient (Wildman–Crippen LogP) is 1.77. The van der Waals surface area contributed by atoms with E-state index in [0.29, 0.717) is 18.6 Å². The van der Waals surface area contributed by atoms with Gasteiger partial charge < -0.3 is 15.4 Å². The van der Waals surface area contributed by atoms with E-state index >= 15 is 0 Å². The highest BCUT2D eigenvalue weighted by Gasteiger charge is 2.38. The van der Waals surface area contributed by atoms with Crippen molar-refractivity contribution in [3.05, 3.63) is 29.8 Å². The maximum Gasteiger partial charge on any atom is 0.208 e. The summed E-state index contributed by atoms with van der Waals surface area (Å²) >= 11 is 0. The number of sulfonamides is 1. The van der Waals surface area contributed by atoms with E-state index in [1.165, 1.54) is 24.7 Å². The highest BCUT2D eigenvalue weighted by atomic mass is 32.2. The number of methoxy groups -OCH3 is 1. The summed E-state index contributed by atoms with van der Waals surface area (Å²) in [5.41, 5.74) is 0.988. The van der Waals surface area contributed by atoms with Gasteiger partial charge in [0.2, 0.25) is 10.0 Å². The normalized spacial score (nSPS) is 27.4. The standard InChI is InChI=1S/C20H33N3O3S/c1-26-19-5-3-4-16(14-19)20(15-22-27(2,24)25)10-6-17(7-11-20)23-18-8-12-21-13-9-18/h3-5,14,17-18,21-23H,6-13,15H2,1-2H3/t17-,20-. The average molecular weight is 396 g/mol. The Kier molecular flexibility index (Phi) is 6.78. The first-order valence-electron chi connectivity index (χ1n) is 9.96. The van der Waals surface area contributed by atoms with Crippen molar-refractivity contribution in [3.8, 4) is 5.75 Å². The van der Waals surface area contributed by atoms with Crippen LogP contribution in [0.2, 0.25) is 0 Å². The molecule has 0 unspecified atom stereocenters. The largest absolute Gasteiger partial charge is 0.497 e. The summed E-state index contributed by atoms with van der Waals surface area (Å²) in [7, 11) is -1.56. The number of ether oxygens (including phenoxy) is 1. The van der Waals surface area contributed by atoms with Gasteiger partial charge >= 0.3 is 0 Å². The lowest BCUT2D eigenvalue weighted by atomic mass is 9.68. The molecule has 1 heterocycles. The number of hydrogen-bond donors (Lipinski definition) is 3. The van der Waals surface area contributed by atoms with Crippen LogP contribution in [0.1, 0.15) is 44.1 Å². The maximum atomic E-state index is 11.7. The van der Waals surface area contributed by atoms with E-state index in [1.54, 1.807) is 7.11 Å². The zero-order valence-electron chi connectivity index (χ0n) is 16.5. The minimum absolute atomic E-state index is 0.177. The van der Waals surface area contributed by atoms with Gasteiger partial charge in [-0.1, -0.05) is 12.1 Å². The topological polar surface area (TPSA) is 79.5 Å². The third-order valence-corrected chi connectivity index (χ3v) is 6.78. The zero-order valence-corrected chi connectivity index (χ0v) is 17.3. The van der Waals surface area contributed by atoms with E-state index in [4.69, 9.17) is 4.74 Å². The molecule has 2 fully saturated rings. The van der Waals surface area contributed by atoms with Gasteiger partial charge in [-0.05, 0) is 69.3 Å². The molecule has 0 amide bonds. The van der Waals surface area contributed by atoms with Gasteiger partial charge in [-0.2, -0.15) is 0 Å². The maximum absolute atomic E-state index is 11.7. The molecule has 1 aliphatic carbocycles. The highest BCUT2D eigenvalue weighted by Crippen LogP contribution is 2.40. The van der Waals surface area contributed by atoms with Gasteiger partial charge in [0.1, 0.15) is 5.75 Å². The Morgan fingerprint density at radius 3 is 2.44 bits per heavy atom. The third-order valence-electron chi connectivity index (χ3n) is 6.11. The fraction of sp³-hybridized carbons (Fsp3) is 0.700. The van der Waals surface area contributed by atoms with Crippen LogP contribution < -0.4 is 20.1 Å². The molecular weight excluding hydrogens is 362 g/mol. The lowest BCUT2D eigenvalue weighted by Crippen LogP contribution is -2.50. The van der Waals surface area contributed by atoms with Crippen LogP contribution in [0.4, 0.5) is 0 Å². The van der Waals surface area contributed by atoms with Gasteiger partial charge in [0, 0.05) is 24.0 Å². The van der Waals surface area contributed by atoms with Crippen molar-refractivity contribution >= 4 is 10.0 Å². The molecule has 0 radical (unpaired) electrons. The molecule has 2 aliphatic rings. The molecule has 27 heavy (non-hydrogen) atoms. The number of rotatable bonds is 7. The Morgan fingerprint density at radius 2 is 1.81 bits per heavy atom. The number of hydrogen-bond acceptors (Lipinski definition) is 5. The van der Waals surface area contributed by atoms with Crippen LogP contribution in [0.25, 0.3) is 0 Å². The molecule has 0 bridgehead atoms. The molecule has 0 spiro atoms. The van der Waals surface area contributed by atoms with Crippen LogP contribution in [0.5, 0.6) is 5.75 Å². The Hall–Kier alpha value is -1.15. The molecule has 1 aromatic rings. The molecule has 1 saturated heterocycles. The van der Waals surface area contributed by atoms with Gasteiger partial charge in [-0.25, -0.2) is 13.1 Å². The second kappa shape index (κ2) is 8.90. The van der Waals surface area contributed by atoms with E-state index in [9.17, 15) is 8.42 Å². The van der Waals surface area contributed by atoms with Gasteiger partial charge in [0.25, 0.3) is 0 Å². The number of piperidine rings is 1. The smallest absolute Gasteiger partial charge is 0.208 e. The average Bonchev–Trinajstić information content (AvgIpc) is 2.68. The summed E-state index contributed by atoms with van der Waals surface area (Å²) in [6, 6.07) is 9.22. The monoisotopic (exact) mass is 395 g/mol. The fourth-order valence-corrected chi connectivity index (χ4v) is 4.99. The number of nitrogens with one attached hydrogen (secondary N) is 3. The van der Waals surface area contributed by atoms with Crippen molar-refractivity contribution < 1.29 is 13.2 Å². The molecule has 1 aliphatic heterocycles. The van der Waals surface area contributed by atoms with Crippen molar-refractivity contribution in [1.29, 1.82) is 0 Å². The van der Waals surface area contributed by atoms with Crippen molar-refractivity contribution in [2.24, 2.45) is 0 Å². The summed E-state index contributed by atoms with van der Waals surface area (Å²) in [5.74, 6) is 0.821. The molecule has 152 valence electrons. The molecule has 3 N–H and O–H groups in total. The Morgan fingerprint density at radius 1 is 1.15 bits per heavy atom. The van der Waals surface area contributed by atoms with Crippen LogP contribution in [0.15, 0.2) is 24.3 Å².